The molecule has 0 fully saturated rings. The highest BCUT2D eigenvalue weighted by molar-refractivity contribution is 5.76. The smallest absolute Gasteiger partial charge is 0.222 e. The maximum Gasteiger partial charge on any atom is 0.222 e. The van der Waals surface area contributed by atoms with Crippen molar-refractivity contribution in [1.82, 2.24) is 29.9 Å². The van der Waals surface area contributed by atoms with Crippen molar-refractivity contribution in [3.8, 4) is 0 Å². The Kier molecular flexibility index (Phi) is 4.45. The highest BCUT2D eigenvalue weighted by atomic mass is 16.1. The lowest BCUT2D eigenvalue weighted by atomic mass is 10.1. The minimum Gasteiger partial charge on any atom is -0.352 e. The Morgan fingerprint density at radius 2 is 2.22 bits per heavy atom. The van der Waals surface area contributed by atoms with E-state index in [1.165, 1.54) is 0 Å². The number of nitrogens with one attached hydrogen (secondary N) is 1. The van der Waals surface area contributed by atoms with Crippen LogP contribution >= 0.6 is 0 Å². The predicted molar refractivity (Wildman–Crippen MR) is 86.0 cm³/mol. The zero-order valence-corrected chi connectivity index (χ0v) is 14.0. The number of amides is 1. The van der Waals surface area contributed by atoms with Crippen molar-refractivity contribution < 1.29 is 4.79 Å². The maximum atomic E-state index is 12.2. The molecule has 2 aromatic heterocycles. The number of carbonyl (C=O) groups is 1. The second kappa shape index (κ2) is 6.52. The van der Waals surface area contributed by atoms with Crippen LogP contribution in [0.4, 0.5) is 0 Å². The molecule has 23 heavy (non-hydrogen) atoms. The molecule has 0 bridgehead atoms. The van der Waals surface area contributed by atoms with Crippen molar-refractivity contribution in [2.24, 2.45) is 0 Å². The maximum absolute atomic E-state index is 12.2. The van der Waals surface area contributed by atoms with Crippen molar-refractivity contribution in [3.63, 3.8) is 0 Å². The van der Waals surface area contributed by atoms with Gasteiger partial charge in [-0.05, 0) is 26.3 Å². The van der Waals surface area contributed by atoms with Crippen molar-refractivity contribution in [2.75, 3.05) is 0 Å². The van der Waals surface area contributed by atoms with Gasteiger partial charge >= 0.3 is 0 Å². The van der Waals surface area contributed by atoms with Crippen molar-refractivity contribution in [2.45, 2.75) is 65.6 Å². The molecule has 1 atom stereocenters. The van der Waals surface area contributed by atoms with Crippen LogP contribution in [0, 0.1) is 13.8 Å². The van der Waals surface area contributed by atoms with Gasteiger partial charge in [-0.2, -0.15) is 5.10 Å². The van der Waals surface area contributed by atoms with Crippen LogP contribution in [-0.2, 0) is 30.7 Å². The molecule has 3 heterocycles. The molecular formula is C16H24N6O. The Bertz CT molecular complexity index is 688. The summed E-state index contributed by atoms with van der Waals surface area (Å²) in [5.41, 5.74) is 2.08. The van der Waals surface area contributed by atoms with Crippen molar-refractivity contribution in [3.05, 3.63) is 29.1 Å². The molecule has 0 aliphatic carbocycles. The normalized spacial score (nSPS) is 17.1. The molecule has 1 amide bonds. The first-order valence-corrected chi connectivity index (χ1v) is 8.28. The van der Waals surface area contributed by atoms with Crippen LogP contribution < -0.4 is 5.32 Å². The number of carbonyl (C=O) groups excluding carboxylic acids is 1. The van der Waals surface area contributed by atoms with Gasteiger partial charge in [0.1, 0.15) is 11.6 Å². The first kappa shape index (κ1) is 15.7. The first-order valence-electron chi connectivity index (χ1n) is 8.28. The fourth-order valence-electron chi connectivity index (χ4n) is 3.17. The van der Waals surface area contributed by atoms with Gasteiger partial charge in [0.2, 0.25) is 5.91 Å². The van der Waals surface area contributed by atoms with Gasteiger partial charge in [0, 0.05) is 44.1 Å². The van der Waals surface area contributed by atoms with Gasteiger partial charge in [-0.1, -0.05) is 6.92 Å². The highest BCUT2D eigenvalue weighted by Gasteiger charge is 2.23. The third kappa shape index (κ3) is 3.43. The molecule has 0 spiro atoms. The molecule has 0 saturated heterocycles. The molecular weight excluding hydrogens is 292 g/mol. The summed E-state index contributed by atoms with van der Waals surface area (Å²) < 4.78 is 4.04. The lowest BCUT2D eigenvalue weighted by Crippen LogP contribution is -2.41. The lowest BCUT2D eigenvalue weighted by molar-refractivity contribution is -0.122. The predicted octanol–water partition coefficient (Wildman–Crippen LogP) is 1.18. The van der Waals surface area contributed by atoms with E-state index in [2.05, 4.69) is 32.1 Å². The molecule has 0 unspecified atom stereocenters. The second-order valence-electron chi connectivity index (χ2n) is 6.20. The summed E-state index contributed by atoms with van der Waals surface area (Å²) >= 11 is 0. The monoisotopic (exact) mass is 316 g/mol. The number of hydrogen-bond acceptors (Lipinski definition) is 4. The number of nitrogens with zero attached hydrogens (tertiary/aromatic N) is 5. The molecule has 2 aromatic rings. The molecule has 3 rings (SSSR count). The van der Waals surface area contributed by atoms with Crippen LogP contribution in [0.1, 0.15) is 42.8 Å². The molecule has 1 N–H and O–H groups in total. The Morgan fingerprint density at radius 1 is 1.39 bits per heavy atom. The van der Waals surface area contributed by atoms with Gasteiger partial charge < -0.3 is 9.88 Å². The van der Waals surface area contributed by atoms with Crippen molar-refractivity contribution in [1.29, 1.82) is 0 Å². The standard InChI is InChI=1S/C16H24N6O/c1-4-14-18-19-15-6-5-13(10-21(14)15)17-16(23)7-8-22-12(3)9-11(2)20-22/h9,13H,4-8,10H2,1-3H3,(H,17,23)/t13-/m0/s1. The summed E-state index contributed by atoms with van der Waals surface area (Å²) in [6.45, 7) is 7.45. The van der Waals surface area contributed by atoms with E-state index in [1.807, 2.05) is 24.6 Å². The summed E-state index contributed by atoms with van der Waals surface area (Å²) in [6, 6.07) is 2.19. The number of aromatic nitrogens is 5. The van der Waals surface area contributed by atoms with Gasteiger partial charge in [-0.25, -0.2) is 0 Å². The average Bonchev–Trinajstić information content (AvgIpc) is 3.07. The van der Waals surface area contributed by atoms with E-state index in [9.17, 15) is 4.79 Å². The Morgan fingerprint density at radius 3 is 2.91 bits per heavy atom. The fourth-order valence-corrected chi connectivity index (χ4v) is 3.17. The number of fused-ring (bicyclic) bond motifs is 1. The summed E-state index contributed by atoms with van der Waals surface area (Å²) in [5.74, 6) is 2.12. The zero-order valence-electron chi connectivity index (χ0n) is 14.0. The summed E-state index contributed by atoms with van der Waals surface area (Å²) in [4.78, 5) is 12.2. The van der Waals surface area contributed by atoms with Crippen LogP contribution in [0.25, 0.3) is 0 Å². The van der Waals surface area contributed by atoms with Crippen LogP contribution in [0.2, 0.25) is 0 Å². The number of aryl methyl sites for hydroxylation is 5. The van der Waals surface area contributed by atoms with Gasteiger partial charge in [-0.15, -0.1) is 10.2 Å². The molecule has 0 aromatic carbocycles. The summed E-state index contributed by atoms with van der Waals surface area (Å²) in [6.07, 6.45) is 3.11. The van der Waals surface area contributed by atoms with Gasteiger partial charge in [-0.3, -0.25) is 9.48 Å². The van der Waals surface area contributed by atoms with E-state index in [-0.39, 0.29) is 11.9 Å². The fraction of sp³-hybridized carbons (Fsp3) is 0.625. The third-order valence-electron chi connectivity index (χ3n) is 4.36. The molecule has 1 aliphatic heterocycles. The summed E-state index contributed by atoms with van der Waals surface area (Å²) in [5, 5.41) is 16.0. The molecule has 0 saturated carbocycles. The van der Waals surface area contributed by atoms with E-state index in [4.69, 9.17) is 0 Å². The van der Waals surface area contributed by atoms with E-state index in [1.54, 1.807) is 0 Å². The van der Waals surface area contributed by atoms with E-state index < -0.39 is 0 Å². The molecule has 7 heteroatoms. The minimum atomic E-state index is 0.0807. The molecule has 1 aliphatic rings. The van der Waals surface area contributed by atoms with Crippen molar-refractivity contribution >= 4 is 5.91 Å². The molecule has 124 valence electrons. The van der Waals surface area contributed by atoms with Crippen LogP contribution in [0.5, 0.6) is 0 Å². The quantitative estimate of drug-likeness (QED) is 0.898. The summed E-state index contributed by atoms with van der Waals surface area (Å²) in [7, 11) is 0. The molecule has 7 nitrogen and oxygen atoms in total. The topological polar surface area (TPSA) is 77.6 Å². The minimum absolute atomic E-state index is 0.0807. The van der Waals surface area contributed by atoms with E-state index >= 15 is 0 Å². The Labute approximate surface area is 136 Å². The third-order valence-corrected chi connectivity index (χ3v) is 4.36. The average molecular weight is 316 g/mol. The van der Waals surface area contributed by atoms with Crippen LogP contribution in [0.3, 0.4) is 0 Å². The van der Waals surface area contributed by atoms with Crippen LogP contribution in [-0.4, -0.2) is 36.5 Å². The van der Waals surface area contributed by atoms with Gasteiger partial charge in [0.05, 0.1) is 5.69 Å². The first-order chi connectivity index (χ1) is 11.1. The lowest BCUT2D eigenvalue weighted by Gasteiger charge is -2.25. The Hall–Kier alpha value is -2.18. The number of rotatable bonds is 5. The largest absolute Gasteiger partial charge is 0.352 e. The van der Waals surface area contributed by atoms with Crippen LogP contribution in [0.15, 0.2) is 6.07 Å². The SMILES string of the molecule is CCc1nnc2n1C[C@@H](NC(=O)CCn1nc(C)cc1C)CC2. The van der Waals surface area contributed by atoms with Gasteiger partial charge in [0.15, 0.2) is 0 Å². The zero-order chi connectivity index (χ0) is 16.4. The van der Waals surface area contributed by atoms with E-state index in [0.717, 1.165) is 48.8 Å². The second-order valence-corrected chi connectivity index (χ2v) is 6.20. The number of hydrogen-bond donors (Lipinski definition) is 1. The Balaban J connectivity index is 1.53. The highest BCUT2D eigenvalue weighted by Crippen LogP contribution is 2.15. The molecule has 0 radical (unpaired) electrons. The van der Waals surface area contributed by atoms with Gasteiger partial charge in [0.25, 0.3) is 0 Å². The van der Waals surface area contributed by atoms with E-state index in [0.29, 0.717) is 13.0 Å².